The van der Waals surface area contributed by atoms with Crippen molar-refractivity contribution in [2.45, 2.75) is 27.7 Å². The molecule has 74 valence electrons. The number of rotatable bonds is 0. The number of benzene rings is 1. The zero-order valence-corrected chi connectivity index (χ0v) is 9.33. The van der Waals surface area contributed by atoms with Gasteiger partial charge in [0.25, 0.3) is 0 Å². The molecule has 2 aromatic rings. The second kappa shape index (κ2) is 4.75. The van der Waals surface area contributed by atoms with Crippen LogP contribution in [0.3, 0.4) is 0 Å². The van der Waals surface area contributed by atoms with E-state index in [0.29, 0.717) is 0 Å². The molecule has 0 saturated heterocycles. The number of hydrogen-bond donors (Lipinski definition) is 0. The molecule has 0 radical (unpaired) electrons. The average Bonchev–Trinajstić information content (AvgIpc) is 2.22. The maximum atomic E-state index is 4.25. The zero-order chi connectivity index (χ0) is 10.6. The van der Waals surface area contributed by atoms with Crippen LogP contribution >= 0.6 is 0 Å². The summed E-state index contributed by atoms with van der Waals surface area (Å²) in [7, 11) is 0. The van der Waals surface area contributed by atoms with Crippen LogP contribution in [0.1, 0.15) is 25.1 Å². The van der Waals surface area contributed by atoms with Gasteiger partial charge in [-0.25, -0.2) is 0 Å². The molecule has 2 rings (SSSR count). The second-order valence-electron chi connectivity index (χ2n) is 3.12. The maximum absolute atomic E-state index is 4.25. The SMILES string of the molecule is CC.Cc1cc2c(C)cccc2cn1. The van der Waals surface area contributed by atoms with Crippen molar-refractivity contribution in [2.24, 2.45) is 0 Å². The molecule has 1 aromatic carbocycles. The normalized spacial score (nSPS) is 9.43. The Hall–Kier alpha value is -1.37. The van der Waals surface area contributed by atoms with Crippen LogP contribution in [-0.4, -0.2) is 4.98 Å². The molecule has 1 aromatic heterocycles. The molecule has 0 aliphatic carbocycles. The minimum absolute atomic E-state index is 1.08. The van der Waals surface area contributed by atoms with Gasteiger partial charge in [0.2, 0.25) is 0 Å². The van der Waals surface area contributed by atoms with E-state index in [-0.39, 0.29) is 0 Å². The number of fused-ring (bicyclic) bond motifs is 1. The maximum Gasteiger partial charge on any atom is 0.0379 e. The quantitative estimate of drug-likeness (QED) is 0.610. The van der Waals surface area contributed by atoms with Gasteiger partial charge in [0.05, 0.1) is 0 Å². The zero-order valence-electron chi connectivity index (χ0n) is 9.33. The highest BCUT2D eigenvalue weighted by Crippen LogP contribution is 2.17. The van der Waals surface area contributed by atoms with Gasteiger partial charge < -0.3 is 0 Å². The van der Waals surface area contributed by atoms with Gasteiger partial charge in [-0.3, -0.25) is 4.98 Å². The molecule has 1 nitrogen and oxygen atoms in total. The van der Waals surface area contributed by atoms with Crippen LogP contribution in [0.2, 0.25) is 0 Å². The number of aryl methyl sites for hydroxylation is 2. The Labute approximate surface area is 85.8 Å². The summed E-state index contributed by atoms with van der Waals surface area (Å²) < 4.78 is 0. The third-order valence-electron chi connectivity index (χ3n) is 2.12. The van der Waals surface area contributed by atoms with Crippen LogP contribution in [0, 0.1) is 13.8 Å². The van der Waals surface area contributed by atoms with Crippen LogP contribution in [0.25, 0.3) is 10.8 Å². The standard InChI is InChI=1S/C11H11N.C2H6/c1-8-4-3-5-10-7-12-9(2)6-11(8)10;1-2/h3-7H,1-2H3;1-2H3. The van der Waals surface area contributed by atoms with Crippen molar-refractivity contribution in [3.05, 3.63) is 41.7 Å². The Morgan fingerprint density at radius 3 is 2.50 bits per heavy atom. The van der Waals surface area contributed by atoms with E-state index in [9.17, 15) is 0 Å². The van der Waals surface area contributed by atoms with Crippen molar-refractivity contribution < 1.29 is 0 Å². The number of nitrogens with zero attached hydrogens (tertiary/aromatic N) is 1. The summed E-state index contributed by atoms with van der Waals surface area (Å²) in [4.78, 5) is 4.25. The highest BCUT2D eigenvalue weighted by molar-refractivity contribution is 5.84. The van der Waals surface area contributed by atoms with Crippen LogP contribution in [-0.2, 0) is 0 Å². The Bertz CT molecular complexity index is 419. The third kappa shape index (κ3) is 2.11. The molecule has 1 heterocycles. The number of pyridine rings is 1. The van der Waals surface area contributed by atoms with Gasteiger partial charge >= 0.3 is 0 Å². The lowest BCUT2D eigenvalue weighted by atomic mass is 10.1. The fourth-order valence-electron chi connectivity index (χ4n) is 1.43. The predicted octanol–water partition coefficient (Wildman–Crippen LogP) is 3.88. The van der Waals surface area contributed by atoms with Gasteiger partial charge in [0, 0.05) is 17.3 Å². The molecule has 0 fully saturated rings. The highest BCUT2D eigenvalue weighted by atomic mass is 14.6. The first-order chi connectivity index (χ1) is 6.77. The molecule has 14 heavy (non-hydrogen) atoms. The van der Waals surface area contributed by atoms with E-state index < -0.39 is 0 Å². The molecule has 1 heteroatoms. The molecule has 0 aliphatic rings. The molecule has 0 bridgehead atoms. The lowest BCUT2D eigenvalue weighted by molar-refractivity contribution is 1.22. The van der Waals surface area contributed by atoms with E-state index in [1.807, 2.05) is 27.0 Å². The average molecular weight is 187 g/mol. The first-order valence-electron chi connectivity index (χ1n) is 5.09. The Kier molecular flexibility index (Phi) is 3.63. The van der Waals surface area contributed by atoms with Crippen molar-refractivity contribution in [3.8, 4) is 0 Å². The predicted molar refractivity (Wildman–Crippen MR) is 62.6 cm³/mol. The summed E-state index contributed by atoms with van der Waals surface area (Å²) >= 11 is 0. The van der Waals surface area contributed by atoms with Crippen LogP contribution in [0.4, 0.5) is 0 Å². The van der Waals surface area contributed by atoms with Crippen molar-refractivity contribution in [1.82, 2.24) is 4.98 Å². The molecule has 0 spiro atoms. The monoisotopic (exact) mass is 187 g/mol. The summed E-state index contributed by atoms with van der Waals surface area (Å²) in [6.07, 6.45) is 1.93. The molecule has 0 unspecified atom stereocenters. The van der Waals surface area contributed by atoms with Gasteiger partial charge in [0.1, 0.15) is 0 Å². The molecule has 0 saturated carbocycles. The van der Waals surface area contributed by atoms with Gasteiger partial charge in [0.15, 0.2) is 0 Å². The van der Waals surface area contributed by atoms with E-state index in [4.69, 9.17) is 0 Å². The summed E-state index contributed by atoms with van der Waals surface area (Å²) in [5.74, 6) is 0. The van der Waals surface area contributed by atoms with E-state index in [2.05, 4.69) is 36.2 Å². The van der Waals surface area contributed by atoms with Gasteiger partial charge in [-0.2, -0.15) is 0 Å². The minimum atomic E-state index is 1.08. The topological polar surface area (TPSA) is 12.9 Å². The van der Waals surface area contributed by atoms with Crippen molar-refractivity contribution >= 4 is 10.8 Å². The fourth-order valence-corrected chi connectivity index (χ4v) is 1.43. The third-order valence-corrected chi connectivity index (χ3v) is 2.12. The van der Waals surface area contributed by atoms with Gasteiger partial charge in [-0.05, 0) is 30.9 Å². The van der Waals surface area contributed by atoms with E-state index in [0.717, 1.165) is 5.69 Å². The molecular formula is C13H17N. The Morgan fingerprint density at radius 1 is 1.07 bits per heavy atom. The van der Waals surface area contributed by atoms with Crippen molar-refractivity contribution in [3.63, 3.8) is 0 Å². The first-order valence-corrected chi connectivity index (χ1v) is 5.09. The Morgan fingerprint density at radius 2 is 1.79 bits per heavy atom. The number of hydrogen-bond acceptors (Lipinski definition) is 1. The molecular weight excluding hydrogens is 170 g/mol. The minimum Gasteiger partial charge on any atom is -0.261 e. The summed E-state index contributed by atoms with van der Waals surface area (Å²) in [5.41, 5.74) is 2.40. The summed E-state index contributed by atoms with van der Waals surface area (Å²) in [6, 6.07) is 8.41. The van der Waals surface area contributed by atoms with E-state index in [1.54, 1.807) is 0 Å². The largest absolute Gasteiger partial charge is 0.261 e. The second-order valence-corrected chi connectivity index (χ2v) is 3.12. The Balaban J connectivity index is 0.000000461. The lowest BCUT2D eigenvalue weighted by Gasteiger charge is -2.01. The number of aromatic nitrogens is 1. The van der Waals surface area contributed by atoms with Gasteiger partial charge in [-0.15, -0.1) is 0 Å². The van der Waals surface area contributed by atoms with Crippen molar-refractivity contribution in [2.75, 3.05) is 0 Å². The first kappa shape index (κ1) is 10.7. The molecule has 0 N–H and O–H groups in total. The van der Waals surface area contributed by atoms with Gasteiger partial charge in [-0.1, -0.05) is 32.0 Å². The van der Waals surface area contributed by atoms with Crippen LogP contribution < -0.4 is 0 Å². The van der Waals surface area contributed by atoms with E-state index in [1.165, 1.54) is 16.3 Å². The van der Waals surface area contributed by atoms with Crippen LogP contribution in [0.15, 0.2) is 30.5 Å². The van der Waals surface area contributed by atoms with Crippen molar-refractivity contribution in [1.29, 1.82) is 0 Å². The fraction of sp³-hybridized carbons (Fsp3) is 0.308. The van der Waals surface area contributed by atoms with Crippen LogP contribution in [0.5, 0.6) is 0 Å². The molecule has 0 atom stereocenters. The molecule has 0 amide bonds. The summed E-state index contributed by atoms with van der Waals surface area (Å²) in [5, 5.41) is 2.53. The lowest BCUT2D eigenvalue weighted by Crippen LogP contribution is -1.83. The van der Waals surface area contributed by atoms with E-state index >= 15 is 0 Å². The summed E-state index contributed by atoms with van der Waals surface area (Å²) in [6.45, 7) is 8.15. The molecule has 0 aliphatic heterocycles. The smallest absolute Gasteiger partial charge is 0.0379 e. The highest BCUT2D eigenvalue weighted by Gasteiger charge is 1.95.